The first-order valence-corrected chi connectivity index (χ1v) is 15.4. The van der Waals surface area contributed by atoms with Gasteiger partial charge in [-0.2, -0.15) is 10.2 Å². The van der Waals surface area contributed by atoms with E-state index < -0.39 is 11.9 Å². The molecule has 0 fully saturated rings. The van der Waals surface area contributed by atoms with Crippen LogP contribution in [0.5, 0.6) is 0 Å². The van der Waals surface area contributed by atoms with E-state index in [0.29, 0.717) is 44.3 Å². The molecule has 10 heteroatoms. The molecule has 0 amide bonds. The lowest BCUT2D eigenvalue weighted by molar-refractivity contribution is 0.0688. The first-order valence-electron chi connectivity index (χ1n) is 15.4. The summed E-state index contributed by atoms with van der Waals surface area (Å²) in [5.74, 6) is -2.13. The Morgan fingerprint density at radius 1 is 0.542 bits per heavy atom. The molecule has 10 nitrogen and oxygen atoms in total. The van der Waals surface area contributed by atoms with Gasteiger partial charge in [0.05, 0.1) is 33.9 Å². The smallest absolute Gasteiger partial charge is 0.336 e. The summed E-state index contributed by atoms with van der Waals surface area (Å²) in [6.07, 6.45) is 1.47. The highest BCUT2D eigenvalue weighted by Gasteiger charge is 2.16. The molecule has 0 aliphatic carbocycles. The number of anilines is 2. The number of hydrogen-bond acceptors (Lipinski definition) is 8. The fourth-order valence-electron chi connectivity index (χ4n) is 5.90. The van der Waals surface area contributed by atoms with Gasteiger partial charge in [-0.15, -0.1) is 10.2 Å². The van der Waals surface area contributed by atoms with Crippen molar-refractivity contribution >= 4 is 67.6 Å². The number of nitrogen functional groups attached to an aromatic ring is 2. The average molecular weight is 637 g/mol. The van der Waals surface area contributed by atoms with E-state index in [9.17, 15) is 19.8 Å². The summed E-state index contributed by atoms with van der Waals surface area (Å²) in [5.41, 5.74) is 19.7. The Bertz CT molecular complexity index is 2150. The summed E-state index contributed by atoms with van der Waals surface area (Å²) in [6.45, 7) is 4.13. The quantitative estimate of drug-likeness (QED) is 0.0906. The van der Waals surface area contributed by atoms with E-state index in [-0.39, 0.29) is 22.5 Å². The lowest BCUT2D eigenvalue weighted by Crippen LogP contribution is -1.99. The number of carboxylic acids is 2. The van der Waals surface area contributed by atoms with Gasteiger partial charge in [0.25, 0.3) is 0 Å². The van der Waals surface area contributed by atoms with Crippen molar-refractivity contribution in [1.82, 2.24) is 0 Å². The zero-order valence-corrected chi connectivity index (χ0v) is 26.3. The molecule has 0 aliphatic heterocycles. The zero-order chi connectivity index (χ0) is 33.9. The number of nitrogens with two attached hydrogens (primary N) is 2. The molecular formula is C38H32N6O4. The predicted molar refractivity (Wildman–Crippen MR) is 190 cm³/mol. The van der Waals surface area contributed by atoms with E-state index in [0.717, 1.165) is 35.1 Å². The Morgan fingerprint density at radius 2 is 0.917 bits per heavy atom. The van der Waals surface area contributed by atoms with E-state index >= 15 is 0 Å². The van der Waals surface area contributed by atoms with Gasteiger partial charge in [-0.1, -0.05) is 74.5 Å². The van der Waals surface area contributed by atoms with Gasteiger partial charge in [0.1, 0.15) is 11.4 Å². The number of azo groups is 2. The van der Waals surface area contributed by atoms with Crippen LogP contribution >= 0.6 is 0 Å². The summed E-state index contributed by atoms with van der Waals surface area (Å²) in [7, 11) is 0. The van der Waals surface area contributed by atoms with Crippen LogP contribution in [0.4, 0.5) is 34.1 Å². The van der Waals surface area contributed by atoms with Crippen molar-refractivity contribution in [1.29, 1.82) is 0 Å². The number of carboxylic acid groups (broad SMARTS) is 2. The minimum Gasteiger partial charge on any atom is -0.478 e. The number of carbonyl (C=O) groups is 2. The minimum absolute atomic E-state index is 0.110. The van der Waals surface area contributed by atoms with E-state index in [2.05, 4.69) is 34.3 Å². The summed E-state index contributed by atoms with van der Waals surface area (Å²) < 4.78 is 0. The topological polar surface area (TPSA) is 176 Å². The van der Waals surface area contributed by atoms with Crippen LogP contribution in [0.15, 0.2) is 118 Å². The molecule has 238 valence electrons. The van der Waals surface area contributed by atoms with Crippen LogP contribution in [0.3, 0.4) is 0 Å². The molecule has 6 rings (SSSR count). The largest absolute Gasteiger partial charge is 0.478 e. The molecule has 0 spiro atoms. The van der Waals surface area contributed by atoms with Crippen molar-refractivity contribution in [2.75, 3.05) is 11.5 Å². The monoisotopic (exact) mass is 636 g/mol. The predicted octanol–water partition coefficient (Wildman–Crippen LogP) is 10.2. The molecule has 0 radical (unpaired) electrons. The SMILES string of the molecule is CCc1cc(/N=N/c2cc(C(=O)O)c3ccccc3c2N)ccc1-c1ccc(/N=N/c2cc(C(=O)O)c3ccccc3c2N)cc1CC. The fraction of sp³-hybridized carbons (Fsp3) is 0.105. The van der Waals surface area contributed by atoms with Crippen molar-refractivity contribution in [3.8, 4) is 11.1 Å². The fourth-order valence-corrected chi connectivity index (χ4v) is 5.90. The van der Waals surface area contributed by atoms with E-state index in [4.69, 9.17) is 11.5 Å². The van der Waals surface area contributed by atoms with Crippen molar-refractivity contribution in [2.24, 2.45) is 20.5 Å². The van der Waals surface area contributed by atoms with Gasteiger partial charge in [-0.05, 0) is 82.3 Å². The number of aromatic carboxylic acids is 2. The normalized spacial score (nSPS) is 11.6. The van der Waals surface area contributed by atoms with Gasteiger partial charge in [0.15, 0.2) is 0 Å². The Kier molecular flexibility index (Phi) is 8.63. The number of nitrogens with zero attached hydrogens (tertiary/aromatic N) is 4. The summed E-state index contributed by atoms with van der Waals surface area (Å²) >= 11 is 0. The summed E-state index contributed by atoms with van der Waals surface area (Å²) in [5, 5.41) is 39.4. The van der Waals surface area contributed by atoms with E-state index in [1.54, 1.807) is 48.5 Å². The van der Waals surface area contributed by atoms with E-state index in [1.807, 2.05) is 36.4 Å². The van der Waals surface area contributed by atoms with Crippen molar-refractivity contribution in [3.05, 3.63) is 119 Å². The molecule has 48 heavy (non-hydrogen) atoms. The zero-order valence-electron chi connectivity index (χ0n) is 26.3. The van der Waals surface area contributed by atoms with Crippen LogP contribution in [0.25, 0.3) is 32.7 Å². The van der Waals surface area contributed by atoms with Crippen molar-refractivity contribution in [2.45, 2.75) is 26.7 Å². The van der Waals surface area contributed by atoms with Crippen molar-refractivity contribution in [3.63, 3.8) is 0 Å². The molecular weight excluding hydrogens is 604 g/mol. The van der Waals surface area contributed by atoms with Gasteiger partial charge in [0, 0.05) is 10.8 Å². The standard InChI is InChI=1S/C38H32N6O4/c1-3-21-17-23(41-43-33-19-31(37(45)46)27-9-5-7-11-29(27)35(33)39)13-15-25(21)26-16-14-24(18-22(26)4-2)42-44-34-20-32(38(47)48)28-10-6-8-12-30(28)36(34)40/h5-20H,3-4,39-40H2,1-2H3,(H,45,46)(H,47,48)/b43-41+,44-42+. The minimum atomic E-state index is -1.07. The lowest BCUT2D eigenvalue weighted by Gasteiger charge is -2.14. The highest BCUT2D eigenvalue weighted by atomic mass is 16.4. The third kappa shape index (κ3) is 5.94. The summed E-state index contributed by atoms with van der Waals surface area (Å²) in [4.78, 5) is 23.9. The summed E-state index contributed by atoms with van der Waals surface area (Å²) in [6, 6.07) is 28.7. The second-order valence-corrected chi connectivity index (χ2v) is 11.2. The van der Waals surface area contributed by atoms with Crippen LogP contribution in [0.2, 0.25) is 0 Å². The average Bonchev–Trinajstić information content (AvgIpc) is 3.10. The molecule has 0 aromatic heterocycles. The molecule has 0 heterocycles. The molecule has 0 atom stereocenters. The molecule has 6 aromatic carbocycles. The maximum Gasteiger partial charge on any atom is 0.336 e. The van der Waals surface area contributed by atoms with Crippen LogP contribution in [0.1, 0.15) is 45.7 Å². The first-order chi connectivity index (χ1) is 23.2. The van der Waals surface area contributed by atoms with Crippen LogP contribution in [0, 0.1) is 0 Å². The Labute approximate surface area is 276 Å². The maximum absolute atomic E-state index is 11.9. The van der Waals surface area contributed by atoms with Gasteiger partial charge < -0.3 is 21.7 Å². The number of hydrogen-bond donors (Lipinski definition) is 4. The van der Waals surface area contributed by atoms with Gasteiger partial charge >= 0.3 is 11.9 Å². The molecule has 6 aromatic rings. The third-order valence-electron chi connectivity index (χ3n) is 8.37. The van der Waals surface area contributed by atoms with Crippen LogP contribution in [-0.4, -0.2) is 22.2 Å². The molecule has 0 aliphatic rings. The van der Waals surface area contributed by atoms with Crippen molar-refractivity contribution < 1.29 is 19.8 Å². The Hall–Kier alpha value is -6.42. The molecule has 6 N–H and O–H groups in total. The van der Waals surface area contributed by atoms with Gasteiger partial charge in [-0.25, -0.2) is 9.59 Å². The van der Waals surface area contributed by atoms with Crippen LogP contribution in [-0.2, 0) is 12.8 Å². The second kappa shape index (κ2) is 13.1. The van der Waals surface area contributed by atoms with Crippen LogP contribution < -0.4 is 11.5 Å². The van der Waals surface area contributed by atoms with E-state index in [1.165, 1.54) is 12.1 Å². The lowest BCUT2D eigenvalue weighted by atomic mass is 9.92. The highest BCUT2D eigenvalue weighted by molar-refractivity contribution is 6.11. The molecule has 0 saturated carbocycles. The molecule has 0 bridgehead atoms. The number of rotatable bonds is 9. The Morgan fingerprint density at radius 3 is 1.27 bits per heavy atom. The Balaban J connectivity index is 1.31. The van der Waals surface area contributed by atoms with Gasteiger partial charge in [-0.3, -0.25) is 0 Å². The number of aryl methyl sites for hydroxylation is 2. The molecule has 0 saturated heterocycles. The number of benzene rings is 6. The second-order valence-electron chi connectivity index (χ2n) is 11.2. The first kappa shape index (κ1) is 31.6. The molecule has 0 unspecified atom stereocenters. The number of fused-ring (bicyclic) bond motifs is 2. The highest BCUT2D eigenvalue weighted by Crippen LogP contribution is 2.38. The van der Waals surface area contributed by atoms with Gasteiger partial charge in [0.2, 0.25) is 0 Å². The maximum atomic E-state index is 11.9. The third-order valence-corrected chi connectivity index (χ3v) is 8.37.